The molecule has 0 atom stereocenters. The second-order valence-corrected chi connectivity index (χ2v) is 24.2. The van der Waals surface area contributed by atoms with Gasteiger partial charge in [0.25, 0.3) is 0 Å². The van der Waals surface area contributed by atoms with Crippen molar-refractivity contribution < 1.29 is 0 Å². The molecule has 0 aromatic heterocycles. The van der Waals surface area contributed by atoms with E-state index in [4.69, 9.17) is 0 Å². The smallest absolute Gasteiger partial charge is 0.0467 e. The predicted molar refractivity (Wildman–Crippen MR) is 302 cm³/mol. The van der Waals surface area contributed by atoms with Crippen LogP contribution in [0.2, 0.25) is 0 Å². The third-order valence-corrected chi connectivity index (χ3v) is 15.7. The van der Waals surface area contributed by atoms with Gasteiger partial charge in [0.2, 0.25) is 0 Å². The number of anilines is 3. The van der Waals surface area contributed by atoms with Crippen molar-refractivity contribution in [3.63, 3.8) is 0 Å². The van der Waals surface area contributed by atoms with Crippen LogP contribution in [-0.2, 0) is 21.7 Å². The van der Waals surface area contributed by atoms with Crippen molar-refractivity contribution in [1.29, 1.82) is 0 Å². The highest BCUT2D eigenvalue weighted by Gasteiger charge is 2.36. The van der Waals surface area contributed by atoms with E-state index in [-0.39, 0.29) is 21.7 Å². The lowest BCUT2D eigenvalue weighted by Crippen LogP contribution is -2.16. The molecule has 8 aromatic rings. The summed E-state index contributed by atoms with van der Waals surface area (Å²) in [6.45, 7) is 25.7. The molecule has 70 heavy (non-hydrogen) atoms. The lowest BCUT2D eigenvalue weighted by Gasteiger charge is -2.29. The zero-order chi connectivity index (χ0) is 49.2. The van der Waals surface area contributed by atoms with Gasteiger partial charge in [0.15, 0.2) is 0 Å². The number of fused-ring (bicyclic) bond motifs is 3. The maximum Gasteiger partial charge on any atom is 0.0467 e. The van der Waals surface area contributed by atoms with Crippen LogP contribution in [0.5, 0.6) is 0 Å². The molecule has 8 aromatic carbocycles. The van der Waals surface area contributed by atoms with E-state index in [9.17, 15) is 0 Å². The van der Waals surface area contributed by atoms with Crippen molar-refractivity contribution in [3.05, 3.63) is 209 Å². The highest BCUT2D eigenvalue weighted by molar-refractivity contribution is 5.88. The third-order valence-electron chi connectivity index (χ3n) is 15.7. The molecule has 1 saturated carbocycles. The molecule has 0 spiro atoms. The summed E-state index contributed by atoms with van der Waals surface area (Å²) in [6.07, 6.45) is 6.63. The first-order chi connectivity index (χ1) is 33.3. The largest absolute Gasteiger partial charge is 0.310 e. The monoisotopic (exact) mass is 916 g/mol. The number of benzene rings is 8. The van der Waals surface area contributed by atoms with Crippen LogP contribution in [-0.4, -0.2) is 0 Å². The summed E-state index contributed by atoms with van der Waals surface area (Å²) >= 11 is 0. The Morgan fingerprint density at radius 1 is 0.357 bits per heavy atom. The van der Waals surface area contributed by atoms with Crippen molar-refractivity contribution in [2.75, 3.05) is 4.90 Å². The first-order valence-electron chi connectivity index (χ1n) is 26.1. The van der Waals surface area contributed by atoms with Crippen LogP contribution in [0.3, 0.4) is 0 Å². The van der Waals surface area contributed by atoms with Gasteiger partial charge in [-0.05, 0) is 173 Å². The molecule has 10 rings (SSSR count). The number of rotatable bonds is 8. The van der Waals surface area contributed by atoms with Crippen molar-refractivity contribution in [2.24, 2.45) is 0 Å². The SMILES string of the molecule is CC(C)(C)c1cc(-c2cccc(-c3cccc(N(c4cccc(-c5cccc(C6CCCCC6)c5)c4)c4ccc5c(c4)C(C)(C)c4ccccc4-5)c3)c2)cc(-c2cc(C(C)(C)C)cc(C(C)(C)C)c2)c1. The van der Waals surface area contributed by atoms with E-state index in [1.165, 1.54) is 121 Å². The molecule has 1 heteroatoms. The second-order valence-electron chi connectivity index (χ2n) is 24.2. The molecule has 0 saturated heterocycles. The van der Waals surface area contributed by atoms with Gasteiger partial charge in [-0.2, -0.15) is 0 Å². The zero-order valence-corrected chi connectivity index (χ0v) is 43.8. The summed E-state index contributed by atoms with van der Waals surface area (Å²) in [5, 5.41) is 0. The first kappa shape index (κ1) is 47.2. The molecular formula is C69H73N. The summed E-state index contributed by atoms with van der Waals surface area (Å²) in [7, 11) is 0. The van der Waals surface area contributed by atoms with Crippen LogP contribution in [0.15, 0.2) is 176 Å². The summed E-state index contributed by atoms with van der Waals surface area (Å²) in [4.78, 5) is 2.48. The van der Waals surface area contributed by atoms with Crippen molar-refractivity contribution in [2.45, 2.75) is 136 Å². The van der Waals surface area contributed by atoms with E-state index < -0.39 is 0 Å². The standard InChI is InChI=1S/C69H73N/c1-66(2,3)56-38-53(37-54(39-56)55-40-57(67(4,5)6)44-58(41-55)68(7,8)9)50-26-18-25-49(36-50)52-28-20-30-60(43-52)70(61-33-34-63-62-31-15-16-32-64(62)69(10,11)65(63)45-61)59-29-19-27-51(42-59)48-24-17-23-47(35-48)46-21-13-12-14-22-46/h15-20,23-46H,12-14,21-22H2,1-11H3. The van der Waals surface area contributed by atoms with Crippen LogP contribution >= 0.6 is 0 Å². The molecule has 0 amide bonds. The maximum absolute atomic E-state index is 2.48. The fourth-order valence-electron chi connectivity index (χ4n) is 11.3. The second kappa shape index (κ2) is 18.1. The molecule has 0 heterocycles. The fourth-order valence-corrected chi connectivity index (χ4v) is 11.3. The minimum absolute atomic E-state index is 0.0281. The number of hydrogen-bond donors (Lipinski definition) is 0. The van der Waals surface area contributed by atoms with Crippen LogP contribution < -0.4 is 4.90 Å². The highest BCUT2D eigenvalue weighted by atomic mass is 15.1. The average Bonchev–Trinajstić information content (AvgIpc) is 3.58. The molecule has 0 bridgehead atoms. The molecule has 354 valence electrons. The lowest BCUT2D eigenvalue weighted by atomic mass is 9.78. The molecule has 1 fully saturated rings. The van der Waals surface area contributed by atoms with E-state index in [1.807, 2.05) is 0 Å². The Bertz CT molecular complexity index is 3190. The average molecular weight is 916 g/mol. The predicted octanol–water partition coefficient (Wildman–Crippen LogP) is 20.1. The van der Waals surface area contributed by atoms with Gasteiger partial charge in [0.1, 0.15) is 0 Å². The number of hydrogen-bond acceptors (Lipinski definition) is 1. The van der Waals surface area contributed by atoms with Gasteiger partial charge in [-0.3, -0.25) is 0 Å². The maximum atomic E-state index is 2.48. The Hall–Kier alpha value is -6.44. The summed E-state index contributed by atoms with van der Waals surface area (Å²) in [6, 6.07) is 67.7. The molecule has 1 nitrogen and oxygen atoms in total. The Morgan fingerprint density at radius 3 is 1.37 bits per heavy atom. The summed E-state index contributed by atoms with van der Waals surface area (Å²) in [5.41, 5.74) is 24.3. The minimum Gasteiger partial charge on any atom is -0.310 e. The van der Waals surface area contributed by atoms with Crippen LogP contribution in [0.1, 0.15) is 148 Å². The van der Waals surface area contributed by atoms with Crippen LogP contribution in [0, 0.1) is 0 Å². The zero-order valence-electron chi connectivity index (χ0n) is 43.8. The Labute approximate surface area is 420 Å². The van der Waals surface area contributed by atoms with Gasteiger partial charge in [-0.1, -0.05) is 223 Å². The van der Waals surface area contributed by atoms with Crippen molar-refractivity contribution in [3.8, 4) is 55.6 Å². The lowest BCUT2D eigenvalue weighted by molar-refractivity contribution is 0.444. The molecule has 0 aliphatic heterocycles. The van der Waals surface area contributed by atoms with Crippen LogP contribution in [0.4, 0.5) is 17.1 Å². The van der Waals surface area contributed by atoms with E-state index in [1.54, 1.807) is 0 Å². The van der Waals surface area contributed by atoms with Gasteiger partial charge < -0.3 is 4.90 Å². The number of nitrogens with zero attached hydrogens (tertiary/aromatic N) is 1. The Balaban J connectivity index is 1.08. The van der Waals surface area contributed by atoms with E-state index in [0.717, 1.165) is 17.1 Å². The Kier molecular flexibility index (Phi) is 12.2. The van der Waals surface area contributed by atoms with Gasteiger partial charge >= 0.3 is 0 Å². The first-order valence-corrected chi connectivity index (χ1v) is 26.1. The van der Waals surface area contributed by atoms with Gasteiger partial charge in [-0.15, -0.1) is 0 Å². The van der Waals surface area contributed by atoms with Gasteiger partial charge in [0, 0.05) is 22.5 Å². The van der Waals surface area contributed by atoms with E-state index >= 15 is 0 Å². The molecule has 0 unspecified atom stereocenters. The van der Waals surface area contributed by atoms with Gasteiger partial charge in [0.05, 0.1) is 0 Å². The summed E-state index contributed by atoms with van der Waals surface area (Å²) in [5.74, 6) is 0.658. The van der Waals surface area contributed by atoms with Crippen molar-refractivity contribution >= 4 is 17.1 Å². The molecule has 0 radical (unpaired) electrons. The minimum atomic E-state index is -0.119. The molecular weight excluding hydrogens is 843 g/mol. The quantitative estimate of drug-likeness (QED) is 0.147. The Morgan fingerprint density at radius 2 is 0.786 bits per heavy atom. The fraction of sp³-hybridized carbons (Fsp3) is 0.304. The molecule has 2 aliphatic rings. The third kappa shape index (κ3) is 9.33. The molecule has 0 N–H and O–H groups in total. The topological polar surface area (TPSA) is 3.24 Å². The van der Waals surface area contributed by atoms with Crippen molar-refractivity contribution in [1.82, 2.24) is 0 Å². The van der Waals surface area contributed by atoms with Gasteiger partial charge in [-0.25, -0.2) is 0 Å². The van der Waals surface area contributed by atoms with E-state index in [2.05, 4.69) is 257 Å². The highest BCUT2D eigenvalue weighted by Crippen LogP contribution is 2.51. The van der Waals surface area contributed by atoms with Crippen LogP contribution in [0.25, 0.3) is 55.6 Å². The summed E-state index contributed by atoms with van der Waals surface area (Å²) < 4.78 is 0. The molecule has 2 aliphatic carbocycles. The van der Waals surface area contributed by atoms with E-state index in [0.29, 0.717) is 5.92 Å². The normalized spacial score (nSPS) is 14.8.